The molecule has 0 saturated carbocycles. The van der Waals surface area contributed by atoms with E-state index in [0.717, 1.165) is 25.2 Å². The molecule has 1 atom stereocenters. The molecule has 2 heterocycles. The predicted molar refractivity (Wildman–Crippen MR) is 70.0 cm³/mol. The maximum Gasteiger partial charge on any atom is 0.234 e. The van der Waals surface area contributed by atoms with Crippen molar-refractivity contribution >= 4 is 5.91 Å². The fourth-order valence-corrected chi connectivity index (χ4v) is 2.06. The van der Waals surface area contributed by atoms with Crippen molar-refractivity contribution in [3.8, 4) is 0 Å². The summed E-state index contributed by atoms with van der Waals surface area (Å²) in [5, 5.41) is 6.24. The van der Waals surface area contributed by atoms with E-state index in [2.05, 4.69) is 27.4 Å². The predicted octanol–water partition coefficient (Wildman–Crippen LogP) is -0.00850. The number of aromatic nitrogens is 1. The van der Waals surface area contributed by atoms with E-state index in [1.54, 1.807) is 12.4 Å². The van der Waals surface area contributed by atoms with Gasteiger partial charge in [0.2, 0.25) is 5.91 Å². The van der Waals surface area contributed by atoms with E-state index < -0.39 is 0 Å². The van der Waals surface area contributed by atoms with Gasteiger partial charge in [-0.2, -0.15) is 0 Å². The number of rotatable bonds is 4. The highest BCUT2D eigenvalue weighted by atomic mass is 16.2. The van der Waals surface area contributed by atoms with Crippen LogP contribution < -0.4 is 10.6 Å². The molecule has 0 unspecified atom stereocenters. The van der Waals surface area contributed by atoms with Crippen molar-refractivity contribution in [2.24, 2.45) is 0 Å². The molecule has 1 aliphatic rings. The van der Waals surface area contributed by atoms with Crippen LogP contribution in [0.3, 0.4) is 0 Å². The van der Waals surface area contributed by atoms with Crippen LogP contribution in [0.4, 0.5) is 0 Å². The number of carbonyl (C=O) groups excluding carboxylic acids is 1. The minimum absolute atomic E-state index is 0.0765. The lowest BCUT2D eigenvalue weighted by Crippen LogP contribution is -2.52. The van der Waals surface area contributed by atoms with Crippen LogP contribution in [0, 0.1) is 0 Å². The second-order valence-corrected chi connectivity index (χ2v) is 4.66. The first-order chi connectivity index (χ1) is 8.75. The highest BCUT2D eigenvalue weighted by molar-refractivity contribution is 5.78. The second-order valence-electron chi connectivity index (χ2n) is 4.66. The number of amides is 1. The van der Waals surface area contributed by atoms with Gasteiger partial charge in [-0.3, -0.25) is 14.7 Å². The van der Waals surface area contributed by atoms with E-state index in [9.17, 15) is 4.79 Å². The van der Waals surface area contributed by atoms with Gasteiger partial charge in [-0.25, -0.2) is 0 Å². The zero-order valence-electron chi connectivity index (χ0n) is 10.7. The Morgan fingerprint density at radius 2 is 2.56 bits per heavy atom. The van der Waals surface area contributed by atoms with Crippen LogP contribution in [0.2, 0.25) is 0 Å². The minimum Gasteiger partial charge on any atom is -0.351 e. The molecule has 18 heavy (non-hydrogen) atoms. The van der Waals surface area contributed by atoms with Gasteiger partial charge in [0.15, 0.2) is 0 Å². The van der Waals surface area contributed by atoms with Gasteiger partial charge in [-0.1, -0.05) is 6.07 Å². The molecule has 1 aromatic heterocycles. The molecule has 0 spiro atoms. The van der Waals surface area contributed by atoms with Crippen molar-refractivity contribution in [1.82, 2.24) is 20.5 Å². The summed E-state index contributed by atoms with van der Waals surface area (Å²) in [6.45, 7) is 6.01. The molecule has 0 aliphatic carbocycles. The summed E-state index contributed by atoms with van der Waals surface area (Å²) in [7, 11) is 0. The van der Waals surface area contributed by atoms with Crippen LogP contribution in [0.15, 0.2) is 24.5 Å². The number of piperazine rings is 1. The number of hydrogen-bond donors (Lipinski definition) is 2. The molecule has 1 aromatic rings. The molecule has 1 saturated heterocycles. The van der Waals surface area contributed by atoms with E-state index in [1.807, 2.05) is 12.1 Å². The Morgan fingerprint density at radius 3 is 3.28 bits per heavy atom. The Kier molecular flexibility index (Phi) is 4.66. The van der Waals surface area contributed by atoms with Gasteiger partial charge < -0.3 is 10.6 Å². The van der Waals surface area contributed by atoms with Gasteiger partial charge in [0.25, 0.3) is 0 Å². The van der Waals surface area contributed by atoms with Gasteiger partial charge in [-0.15, -0.1) is 0 Å². The zero-order chi connectivity index (χ0) is 12.8. The number of nitrogens with one attached hydrogen (secondary N) is 2. The summed E-state index contributed by atoms with van der Waals surface area (Å²) in [5.41, 5.74) is 1.03. The fourth-order valence-electron chi connectivity index (χ4n) is 2.06. The molecule has 1 fully saturated rings. The second kappa shape index (κ2) is 6.47. The Balaban J connectivity index is 1.75. The third-order valence-corrected chi connectivity index (χ3v) is 3.20. The minimum atomic E-state index is 0.0765. The Bertz CT molecular complexity index is 382. The molecule has 2 N–H and O–H groups in total. The van der Waals surface area contributed by atoms with E-state index in [0.29, 0.717) is 19.1 Å². The van der Waals surface area contributed by atoms with Crippen LogP contribution in [0.1, 0.15) is 12.5 Å². The highest BCUT2D eigenvalue weighted by Crippen LogP contribution is 2.01. The van der Waals surface area contributed by atoms with Crippen LogP contribution in [0.5, 0.6) is 0 Å². The van der Waals surface area contributed by atoms with Crippen molar-refractivity contribution in [2.75, 3.05) is 26.2 Å². The molecule has 1 amide bonds. The van der Waals surface area contributed by atoms with Crippen LogP contribution >= 0.6 is 0 Å². The molecule has 5 nitrogen and oxygen atoms in total. The molecule has 0 radical (unpaired) electrons. The third kappa shape index (κ3) is 3.78. The van der Waals surface area contributed by atoms with Gasteiger partial charge in [0.05, 0.1) is 6.54 Å². The molecule has 0 aromatic carbocycles. The first-order valence-corrected chi connectivity index (χ1v) is 6.36. The molecule has 0 bridgehead atoms. The van der Waals surface area contributed by atoms with Gasteiger partial charge >= 0.3 is 0 Å². The number of pyridine rings is 1. The molecule has 98 valence electrons. The van der Waals surface area contributed by atoms with E-state index in [4.69, 9.17) is 0 Å². The van der Waals surface area contributed by atoms with Crippen LogP contribution in [0.25, 0.3) is 0 Å². The van der Waals surface area contributed by atoms with Crippen LogP contribution in [-0.4, -0.2) is 48.0 Å². The van der Waals surface area contributed by atoms with Crippen molar-refractivity contribution in [2.45, 2.75) is 19.5 Å². The van der Waals surface area contributed by atoms with Crippen molar-refractivity contribution in [1.29, 1.82) is 0 Å². The lowest BCUT2D eigenvalue weighted by molar-refractivity contribution is -0.123. The van der Waals surface area contributed by atoms with Gasteiger partial charge in [-0.05, 0) is 18.6 Å². The monoisotopic (exact) mass is 248 g/mol. The van der Waals surface area contributed by atoms with E-state index in [1.165, 1.54) is 0 Å². The highest BCUT2D eigenvalue weighted by Gasteiger charge is 2.19. The Morgan fingerprint density at radius 1 is 1.67 bits per heavy atom. The summed E-state index contributed by atoms with van der Waals surface area (Å²) in [4.78, 5) is 18.1. The molecule has 2 rings (SSSR count). The maximum absolute atomic E-state index is 11.8. The van der Waals surface area contributed by atoms with E-state index in [-0.39, 0.29) is 5.91 Å². The SMILES string of the molecule is C[C@@H]1CNCCN1CC(=O)NCc1cccnc1. The van der Waals surface area contributed by atoms with Crippen LogP contribution in [-0.2, 0) is 11.3 Å². The summed E-state index contributed by atoms with van der Waals surface area (Å²) >= 11 is 0. The molecule has 1 aliphatic heterocycles. The fraction of sp³-hybridized carbons (Fsp3) is 0.538. The summed E-state index contributed by atoms with van der Waals surface area (Å²) in [6, 6.07) is 4.25. The number of carbonyl (C=O) groups is 1. The van der Waals surface area contributed by atoms with Crippen molar-refractivity contribution in [3.63, 3.8) is 0 Å². The average Bonchev–Trinajstić information content (AvgIpc) is 2.40. The summed E-state index contributed by atoms with van der Waals surface area (Å²) in [6.07, 6.45) is 3.50. The quantitative estimate of drug-likeness (QED) is 0.787. The number of hydrogen-bond acceptors (Lipinski definition) is 4. The third-order valence-electron chi connectivity index (χ3n) is 3.20. The summed E-state index contributed by atoms with van der Waals surface area (Å²) in [5.74, 6) is 0.0765. The smallest absolute Gasteiger partial charge is 0.234 e. The molecular weight excluding hydrogens is 228 g/mol. The largest absolute Gasteiger partial charge is 0.351 e. The lowest BCUT2D eigenvalue weighted by atomic mass is 10.2. The van der Waals surface area contributed by atoms with Gasteiger partial charge in [0, 0.05) is 44.6 Å². The molecular formula is C13H20N4O. The number of nitrogens with zero attached hydrogens (tertiary/aromatic N) is 2. The Labute approximate surface area is 108 Å². The summed E-state index contributed by atoms with van der Waals surface area (Å²) < 4.78 is 0. The standard InChI is InChI=1S/C13H20N4O/c1-11-7-15-5-6-17(11)10-13(18)16-9-12-3-2-4-14-8-12/h2-4,8,11,15H,5-7,9-10H2,1H3,(H,16,18)/t11-/m1/s1. The maximum atomic E-state index is 11.8. The first-order valence-electron chi connectivity index (χ1n) is 6.36. The Hall–Kier alpha value is -1.46. The zero-order valence-corrected chi connectivity index (χ0v) is 10.7. The van der Waals surface area contributed by atoms with Crippen molar-refractivity contribution < 1.29 is 4.79 Å². The van der Waals surface area contributed by atoms with E-state index >= 15 is 0 Å². The average molecular weight is 248 g/mol. The van der Waals surface area contributed by atoms with Crippen molar-refractivity contribution in [3.05, 3.63) is 30.1 Å². The lowest BCUT2D eigenvalue weighted by Gasteiger charge is -2.33. The normalized spacial score (nSPS) is 20.6. The first kappa shape index (κ1) is 13.0. The topological polar surface area (TPSA) is 57.3 Å². The molecule has 5 heteroatoms. The van der Waals surface area contributed by atoms with Gasteiger partial charge in [0.1, 0.15) is 0 Å².